The topological polar surface area (TPSA) is 74.0 Å². The number of amides is 1. The van der Waals surface area contributed by atoms with E-state index in [0.29, 0.717) is 55.2 Å². The van der Waals surface area contributed by atoms with Crippen LogP contribution in [-0.4, -0.2) is 62.1 Å². The van der Waals surface area contributed by atoms with Gasteiger partial charge in [-0.2, -0.15) is 0 Å². The number of thioether (sulfide) groups is 1. The van der Waals surface area contributed by atoms with Gasteiger partial charge in [-0.1, -0.05) is 0 Å². The van der Waals surface area contributed by atoms with E-state index < -0.39 is 0 Å². The fourth-order valence-electron chi connectivity index (χ4n) is 2.79. The Kier molecular flexibility index (Phi) is 6.63. The lowest BCUT2D eigenvalue weighted by atomic mass is 10.2. The third-order valence-electron chi connectivity index (χ3n) is 4.35. The van der Waals surface area contributed by atoms with Crippen LogP contribution in [0.2, 0.25) is 0 Å². The Morgan fingerprint density at radius 3 is 2.67 bits per heavy atom. The van der Waals surface area contributed by atoms with Crippen LogP contribution in [0.25, 0.3) is 11.5 Å². The summed E-state index contributed by atoms with van der Waals surface area (Å²) >= 11 is 1.55. The molecule has 146 valence electrons. The molecule has 0 bridgehead atoms. The maximum absolute atomic E-state index is 12.2. The van der Waals surface area contributed by atoms with Gasteiger partial charge < -0.3 is 23.5 Å². The van der Waals surface area contributed by atoms with Crippen LogP contribution in [0.4, 0.5) is 0 Å². The maximum Gasteiger partial charge on any atom is 0.232 e. The highest BCUT2D eigenvalue weighted by atomic mass is 32.2. The van der Waals surface area contributed by atoms with Crippen molar-refractivity contribution in [2.75, 3.05) is 46.3 Å². The quantitative estimate of drug-likeness (QED) is 0.717. The fraction of sp³-hybridized carbons (Fsp3) is 0.474. The SMILES string of the molecule is COc1ccc(-c2nc(CSCC(=O)N3CCOCC3)c(C)o2)cc1OC. The summed E-state index contributed by atoms with van der Waals surface area (Å²) in [5.74, 6) is 3.76. The maximum atomic E-state index is 12.2. The van der Waals surface area contributed by atoms with Crippen molar-refractivity contribution in [3.8, 4) is 23.0 Å². The molecule has 0 radical (unpaired) electrons. The molecule has 8 heteroatoms. The van der Waals surface area contributed by atoms with E-state index in [9.17, 15) is 4.79 Å². The molecule has 7 nitrogen and oxygen atoms in total. The van der Waals surface area contributed by atoms with Crippen molar-refractivity contribution >= 4 is 17.7 Å². The van der Waals surface area contributed by atoms with Crippen molar-refractivity contribution in [3.63, 3.8) is 0 Å². The van der Waals surface area contributed by atoms with Gasteiger partial charge in [-0.25, -0.2) is 4.98 Å². The van der Waals surface area contributed by atoms with Crippen molar-refractivity contribution < 1.29 is 23.4 Å². The van der Waals surface area contributed by atoms with Crippen LogP contribution >= 0.6 is 11.8 Å². The molecule has 2 aromatic rings. The average molecular weight is 392 g/mol. The number of aromatic nitrogens is 1. The molecule has 1 fully saturated rings. The third kappa shape index (κ3) is 4.75. The minimum absolute atomic E-state index is 0.143. The van der Waals surface area contributed by atoms with Gasteiger partial charge in [0, 0.05) is 24.4 Å². The van der Waals surface area contributed by atoms with Crippen LogP contribution in [0.3, 0.4) is 0 Å². The van der Waals surface area contributed by atoms with E-state index >= 15 is 0 Å². The lowest BCUT2D eigenvalue weighted by Crippen LogP contribution is -2.41. The predicted molar refractivity (Wildman–Crippen MR) is 103 cm³/mol. The number of aryl methyl sites for hydroxylation is 1. The minimum Gasteiger partial charge on any atom is -0.493 e. The van der Waals surface area contributed by atoms with Gasteiger partial charge in [-0.15, -0.1) is 11.8 Å². The van der Waals surface area contributed by atoms with E-state index in [4.69, 9.17) is 18.6 Å². The monoisotopic (exact) mass is 392 g/mol. The van der Waals surface area contributed by atoms with Crippen LogP contribution in [0.1, 0.15) is 11.5 Å². The van der Waals surface area contributed by atoms with Gasteiger partial charge in [0.1, 0.15) is 5.76 Å². The van der Waals surface area contributed by atoms with E-state index in [1.54, 1.807) is 26.0 Å². The lowest BCUT2D eigenvalue weighted by Gasteiger charge is -2.26. The van der Waals surface area contributed by atoms with E-state index in [1.807, 2.05) is 30.0 Å². The van der Waals surface area contributed by atoms with Gasteiger partial charge in [-0.05, 0) is 25.1 Å². The summed E-state index contributed by atoms with van der Waals surface area (Å²) < 4.78 is 21.7. The van der Waals surface area contributed by atoms with Gasteiger partial charge in [0.2, 0.25) is 11.8 Å². The first-order chi connectivity index (χ1) is 13.1. The smallest absolute Gasteiger partial charge is 0.232 e. The Morgan fingerprint density at radius 1 is 1.22 bits per heavy atom. The largest absolute Gasteiger partial charge is 0.493 e. The van der Waals surface area contributed by atoms with Crippen LogP contribution in [-0.2, 0) is 15.3 Å². The van der Waals surface area contributed by atoms with Crippen molar-refractivity contribution in [3.05, 3.63) is 29.7 Å². The third-order valence-corrected chi connectivity index (χ3v) is 5.28. The Labute approximate surface area is 163 Å². The van der Waals surface area contributed by atoms with Gasteiger partial charge in [0.25, 0.3) is 0 Å². The van der Waals surface area contributed by atoms with E-state index in [0.717, 1.165) is 17.0 Å². The van der Waals surface area contributed by atoms with Crippen LogP contribution in [0.5, 0.6) is 11.5 Å². The molecule has 0 unspecified atom stereocenters. The molecule has 0 aliphatic carbocycles. The molecule has 1 saturated heterocycles. The van der Waals surface area contributed by atoms with Crippen LogP contribution in [0, 0.1) is 6.92 Å². The van der Waals surface area contributed by atoms with Crippen LogP contribution in [0.15, 0.2) is 22.6 Å². The molecule has 0 atom stereocenters. The second kappa shape index (κ2) is 9.14. The standard InChI is InChI=1S/C19H24N2O5S/c1-13-15(11-27-12-18(22)21-6-8-25-9-7-21)20-19(26-13)14-4-5-16(23-2)17(10-14)24-3/h4-5,10H,6-9,11-12H2,1-3H3. The van der Waals surface area contributed by atoms with Crippen molar-refractivity contribution in [2.45, 2.75) is 12.7 Å². The van der Waals surface area contributed by atoms with Gasteiger partial charge in [0.15, 0.2) is 11.5 Å². The number of ether oxygens (including phenoxy) is 3. The zero-order chi connectivity index (χ0) is 19.2. The fourth-order valence-corrected chi connectivity index (χ4v) is 3.71. The first-order valence-corrected chi connectivity index (χ1v) is 9.89. The summed E-state index contributed by atoms with van der Waals surface area (Å²) in [6.45, 7) is 4.47. The number of oxazole rings is 1. The lowest BCUT2D eigenvalue weighted by molar-refractivity contribution is -0.132. The number of methoxy groups -OCH3 is 2. The van der Waals surface area contributed by atoms with Crippen molar-refractivity contribution in [1.29, 1.82) is 0 Å². The summed E-state index contributed by atoms with van der Waals surface area (Å²) in [4.78, 5) is 18.7. The van der Waals surface area contributed by atoms with E-state index in [1.165, 1.54) is 0 Å². The Hall–Kier alpha value is -2.19. The van der Waals surface area contributed by atoms with Gasteiger partial charge in [0.05, 0.1) is 38.9 Å². The summed E-state index contributed by atoms with van der Waals surface area (Å²) in [6, 6.07) is 5.54. The number of morpholine rings is 1. The zero-order valence-corrected chi connectivity index (χ0v) is 16.6. The number of carbonyl (C=O) groups excluding carboxylic acids is 1. The second-order valence-corrected chi connectivity index (χ2v) is 7.06. The molecule has 2 heterocycles. The highest BCUT2D eigenvalue weighted by molar-refractivity contribution is 7.99. The molecule has 1 amide bonds. The van der Waals surface area contributed by atoms with E-state index in [2.05, 4.69) is 4.98 Å². The number of nitrogens with zero attached hydrogens (tertiary/aromatic N) is 2. The normalized spacial score (nSPS) is 14.3. The molecule has 1 aliphatic rings. The summed E-state index contributed by atoms with van der Waals surface area (Å²) in [5, 5.41) is 0. The number of hydrogen-bond acceptors (Lipinski definition) is 7. The summed E-state index contributed by atoms with van der Waals surface area (Å²) in [5.41, 5.74) is 1.66. The van der Waals surface area contributed by atoms with E-state index in [-0.39, 0.29) is 5.91 Å². The average Bonchev–Trinajstić information content (AvgIpc) is 3.08. The minimum atomic E-state index is 0.143. The summed E-state index contributed by atoms with van der Waals surface area (Å²) in [7, 11) is 3.19. The molecule has 27 heavy (non-hydrogen) atoms. The Morgan fingerprint density at radius 2 is 1.96 bits per heavy atom. The number of carbonyl (C=O) groups is 1. The molecule has 0 saturated carbocycles. The molecular formula is C19H24N2O5S. The van der Waals surface area contributed by atoms with Crippen molar-refractivity contribution in [1.82, 2.24) is 9.88 Å². The molecule has 1 aliphatic heterocycles. The van der Waals surface area contributed by atoms with Crippen molar-refractivity contribution in [2.24, 2.45) is 0 Å². The number of rotatable bonds is 7. The Bertz CT molecular complexity index is 786. The highest BCUT2D eigenvalue weighted by Gasteiger charge is 2.18. The molecule has 0 spiro atoms. The molecule has 0 N–H and O–H groups in total. The predicted octanol–water partition coefficient (Wildman–Crippen LogP) is 2.76. The van der Waals surface area contributed by atoms with Crippen LogP contribution < -0.4 is 9.47 Å². The molecule has 3 rings (SSSR count). The molecule has 1 aromatic carbocycles. The van der Waals surface area contributed by atoms with Gasteiger partial charge in [-0.3, -0.25) is 4.79 Å². The second-order valence-electron chi connectivity index (χ2n) is 6.08. The molecular weight excluding hydrogens is 368 g/mol. The zero-order valence-electron chi connectivity index (χ0n) is 15.8. The number of benzene rings is 1. The highest BCUT2D eigenvalue weighted by Crippen LogP contribution is 2.33. The van der Waals surface area contributed by atoms with Gasteiger partial charge >= 0.3 is 0 Å². The first-order valence-electron chi connectivity index (χ1n) is 8.74. The Balaban J connectivity index is 1.62. The summed E-state index contributed by atoms with van der Waals surface area (Å²) in [6.07, 6.45) is 0. The first kappa shape index (κ1) is 19.6. The number of hydrogen-bond donors (Lipinski definition) is 0. The molecule has 1 aromatic heterocycles.